The maximum Gasteiger partial charge on any atom is 0.337 e. The van der Waals surface area contributed by atoms with Gasteiger partial charge in [-0.25, -0.2) is 18.4 Å². The van der Waals surface area contributed by atoms with Gasteiger partial charge in [0.15, 0.2) is 0 Å². The molecule has 196 valence electrons. The molecule has 1 N–H and O–H groups in total. The van der Waals surface area contributed by atoms with Crippen LogP contribution in [0.3, 0.4) is 0 Å². The monoisotopic (exact) mass is 638 g/mol. The molecule has 0 amide bonds. The molecule has 3 rings (SSSR count). The van der Waals surface area contributed by atoms with Crippen molar-refractivity contribution in [3.05, 3.63) is 67.6 Å². The Morgan fingerprint density at radius 2 is 1.61 bits per heavy atom. The van der Waals surface area contributed by atoms with E-state index in [0.717, 1.165) is 10.0 Å². The molecule has 0 aliphatic carbocycles. The summed E-state index contributed by atoms with van der Waals surface area (Å²) < 4.78 is 61.6. The van der Waals surface area contributed by atoms with Gasteiger partial charge in [-0.2, -0.15) is 8.78 Å². The van der Waals surface area contributed by atoms with Gasteiger partial charge in [-0.3, -0.25) is 4.99 Å². The van der Waals surface area contributed by atoms with Gasteiger partial charge >= 0.3 is 11.9 Å². The Labute approximate surface area is 222 Å². The summed E-state index contributed by atoms with van der Waals surface area (Å²) in [6.45, 7) is 0.738. The summed E-state index contributed by atoms with van der Waals surface area (Å²) in [6, 6.07) is 9.46. The molecule has 0 unspecified atom stereocenters. The van der Waals surface area contributed by atoms with Crippen molar-refractivity contribution >= 4 is 49.5 Å². The highest BCUT2D eigenvalue weighted by atomic mass is 79.9. The molecule has 1 heterocycles. The number of carbonyl (C=O) groups is 2. The van der Waals surface area contributed by atoms with Crippen LogP contribution < -0.4 is 5.32 Å². The molecule has 0 saturated heterocycles. The van der Waals surface area contributed by atoms with E-state index in [1.807, 2.05) is 0 Å². The number of ether oxygens (including phenoxy) is 2. The minimum Gasteiger partial charge on any atom is -0.465 e. The molecule has 1 aliphatic heterocycles. The Balaban J connectivity index is 0.000000254. The molecule has 0 radical (unpaired) electrons. The summed E-state index contributed by atoms with van der Waals surface area (Å²) in [6.07, 6.45) is -2.78. The van der Waals surface area contributed by atoms with E-state index < -0.39 is 24.3 Å². The van der Waals surface area contributed by atoms with Crippen LogP contribution in [0.25, 0.3) is 0 Å². The van der Waals surface area contributed by atoms with E-state index in [-0.39, 0.29) is 42.8 Å². The lowest BCUT2D eigenvalue weighted by Gasteiger charge is -2.14. The van der Waals surface area contributed by atoms with Gasteiger partial charge in [0.1, 0.15) is 5.71 Å². The number of halogens is 6. The van der Waals surface area contributed by atoms with E-state index in [2.05, 4.69) is 51.6 Å². The van der Waals surface area contributed by atoms with Crippen LogP contribution in [0.1, 0.15) is 44.7 Å². The first kappa shape index (κ1) is 29.9. The summed E-state index contributed by atoms with van der Waals surface area (Å²) in [4.78, 5) is 26.6. The Hall–Kier alpha value is -2.31. The molecule has 0 saturated carbocycles. The van der Waals surface area contributed by atoms with Crippen LogP contribution in [0.5, 0.6) is 0 Å². The molecule has 0 atom stereocenters. The number of carbonyl (C=O) groups excluding carboxylic acids is 2. The third kappa shape index (κ3) is 8.38. The quantitative estimate of drug-likeness (QED) is 0.216. The van der Waals surface area contributed by atoms with Crippen LogP contribution in [0, 0.1) is 0 Å². The molecule has 1 aliphatic rings. The van der Waals surface area contributed by atoms with E-state index in [1.165, 1.54) is 26.4 Å². The number of hydrogen-bond donors (Lipinski definition) is 1. The van der Waals surface area contributed by atoms with Crippen molar-refractivity contribution in [2.24, 2.45) is 4.99 Å². The first-order valence-corrected chi connectivity index (χ1v) is 12.2. The topological polar surface area (TPSA) is 77.0 Å². The smallest absolute Gasteiger partial charge is 0.337 e. The second kappa shape index (κ2) is 13.8. The second-order valence-electron chi connectivity index (χ2n) is 7.53. The van der Waals surface area contributed by atoms with Gasteiger partial charge in [0.2, 0.25) is 6.43 Å². The number of nitrogens with zero attached hydrogens (tertiary/aromatic N) is 1. The maximum atomic E-state index is 13.6. The molecule has 12 heteroatoms. The predicted octanol–water partition coefficient (Wildman–Crippen LogP) is 6.04. The van der Waals surface area contributed by atoms with Crippen LogP contribution in [-0.2, 0) is 16.0 Å². The van der Waals surface area contributed by atoms with Crippen molar-refractivity contribution in [3.63, 3.8) is 0 Å². The van der Waals surface area contributed by atoms with Gasteiger partial charge in [0.25, 0.3) is 5.92 Å². The first-order valence-electron chi connectivity index (χ1n) is 10.7. The third-order valence-electron chi connectivity index (χ3n) is 5.01. The van der Waals surface area contributed by atoms with Gasteiger partial charge in [-0.05, 0) is 42.0 Å². The van der Waals surface area contributed by atoms with E-state index >= 15 is 0 Å². The van der Waals surface area contributed by atoms with Crippen LogP contribution in [0.15, 0.2) is 50.3 Å². The Kier molecular flexibility index (Phi) is 11.5. The lowest BCUT2D eigenvalue weighted by molar-refractivity contribution is 0.0591. The van der Waals surface area contributed by atoms with Crippen molar-refractivity contribution in [3.8, 4) is 0 Å². The van der Waals surface area contributed by atoms with E-state index in [0.29, 0.717) is 16.6 Å². The van der Waals surface area contributed by atoms with Gasteiger partial charge in [-0.1, -0.05) is 31.9 Å². The Morgan fingerprint density at radius 3 is 2.14 bits per heavy atom. The summed E-state index contributed by atoms with van der Waals surface area (Å²) in [7, 11) is 2.55. The Bertz CT molecular complexity index is 1110. The molecule has 36 heavy (non-hydrogen) atoms. The van der Waals surface area contributed by atoms with Crippen molar-refractivity contribution in [1.82, 2.24) is 5.32 Å². The first-order chi connectivity index (χ1) is 17.0. The second-order valence-corrected chi connectivity index (χ2v) is 9.23. The van der Waals surface area contributed by atoms with Crippen LogP contribution in [0.2, 0.25) is 0 Å². The average Bonchev–Trinajstić information content (AvgIpc) is 3.21. The minimum absolute atomic E-state index is 0.0945. The third-order valence-corrected chi connectivity index (χ3v) is 6.47. The lowest BCUT2D eigenvalue weighted by atomic mass is 10.0. The van der Waals surface area contributed by atoms with Crippen molar-refractivity contribution in [2.45, 2.75) is 31.7 Å². The molecular weight excluding hydrogens is 616 g/mol. The molecular formula is C24H24Br2F4N2O4. The van der Waals surface area contributed by atoms with Gasteiger partial charge in [0, 0.05) is 47.0 Å². The zero-order chi connectivity index (χ0) is 26.9. The van der Waals surface area contributed by atoms with E-state index in [1.54, 1.807) is 24.3 Å². The molecule has 2 aromatic carbocycles. The number of methoxy groups -OCH3 is 2. The number of hydrogen-bond acceptors (Lipinski definition) is 6. The summed E-state index contributed by atoms with van der Waals surface area (Å²) in [5.41, 5.74) is 1.44. The predicted molar refractivity (Wildman–Crippen MR) is 134 cm³/mol. The minimum atomic E-state index is -2.95. The number of aliphatic imine (C=N–C) groups is 1. The van der Waals surface area contributed by atoms with Gasteiger partial charge < -0.3 is 14.8 Å². The molecule has 0 aromatic heterocycles. The lowest BCUT2D eigenvalue weighted by Crippen LogP contribution is -2.25. The standard InChI is InChI=1S/C12H10BrF2NO2.C12H14BrF2NO2/c1-18-11(17)7-2-3-9(13)8(6-7)10-12(14,15)4-5-16-10;1-18-12(17)8-2-3-10(13)9(6-8)7-16-5-4-11(14)15/h2-3,6H,4-5H2,1H3;2-3,6,11,16H,4-5,7H2,1H3. The summed E-state index contributed by atoms with van der Waals surface area (Å²) in [5, 5.41) is 2.90. The van der Waals surface area contributed by atoms with Crippen LogP contribution in [0.4, 0.5) is 17.6 Å². The fourth-order valence-electron chi connectivity index (χ4n) is 3.17. The van der Waals surface area contributed by atoms with Crippen LogP contribution >= 0.6 is 31.9 Å². The van der Waals surface area contributed by atoms with Gasteiger partial charge in [-0.15, -0.1) is 0 Å². The molecule has 0 bridgehead atoms. The van der Waals surface area contributed by atoms with Gasteiger partial charge in [0.05, 0.1) is 25.3 Å². The van der Waals surface area contributed by atoms with E-state index in [9.17, 15) is 27.2 Å². The molecule has 6 nitrogen and oxygen atoms in total. The van der Waals surface area contributed by atoms with Crippen LogP contribution in [-0.4, -0.2) is 57.3 Å². The molecule has 0 fully saturated rings. The number of benzene rings is 2. The number of alkyl halides is 4. The Morgan fingerprint density at radius 1 is 1.03 bits per heavy atom. The number of nitrogens with one attached hydrogen (secondary N) is 1. The molecule has 0 spiro atoms. The highest BCUT2D eigenvalue weighted by Crippen LogP contribution is 2.33. The van der Waals surface area contributed by atoms with E-state index in [4.69, 9.17) is 0 Å². The summed E-state index contributed by atoms with van der Waals surface area (Å²) >= 11 is 6.54. The van der Waals surface area contributed by atoms with Crippen molar-refractivity contribution in [2.75, 3.05) is 27.3 Å². The fraction of sp³-hybridized carbons (Fsp3) is 0.375. The normalized spacial score (nSPS) is 14.1. The molecule has 2 aromatic rings. The number of rotatable bonds is 8. The average molecular weight is 640 g/mol. The fourth-order valence-corrected chi connectivity index (χ4v) is 3.99. The highest BCUT2D eigenvalue weighted by molar-refractivity contribution is 9.10. The highest BCUT2D eigenvalue weighted by Gasteiger charge is 2.41. The SMILES string of the molecule is COC(=O)c1ccc(Br)c(C2=NCCC2(F)F)c1.COC(=O)c1ccc(Br)c(CNCCC(F)F)c1. The maximum absolute atomic E-state index is 13.6. The summed E-state index contributed by atoms with van der Waals surface area (Å²) in [5.74, 6) is -3.93. The zero-order valence-electron chi connectivity index (χ0n) is 19.4. The largest absolute Gasteiger partial charge is 0.465 e. The number of esters is 2. The van der Waals surface area contributed by atoms with Crippen molar-refractivity contribution < 1.29 is 36.6 Å². The zero-order valence-corrected chi connectivity index (χ0v) is 22.6. The van der Waals surface area contributed by atoms with Crippen molar-refractivity contribution in [1.29, 1.82) is 0 Å².